The van der Waals surface area contributed by atoms with Crippen LogP contribution in [0.1, 0.15) is 44.2 Å². The van der Waals surface area contributed by atoms with E-state index in [1.807, 2.05) is 19.1 Å². The van der Waals surface area contributed by atoms with Gasteiger partial charge in [-0.3, -0.25) is 15.0 Å². The average Bonchev–Trinajstić information content (AvgIpc) is 2.83. The van der Waals surface area contributed by atoms with E-state index in [1.54, 1.807) is 6.92 Å². The lowest BCUT2D eigenvalue weighted by atomic mass is 9.90. The lowest BCUT2D eigenvalue weighted by molar-refractivity contribution is -0.138. The second kappa shape index (κ2) is 6.74. The number of nitrogens with zero attached hydrogens (tertiary/aromatic N) is 1. The molecule has 1 heterocycles. The van der Waals surface area contributed by atoms with Gasteiger partial charge in [0.2, 0.25) is 0 Å². The van der Waals surface area contributed by atoms with E-state index >= 15 is 0 Å². The number of fused-ring (bicyclic) bond motifs is 1. The van der Waals surface area contributed by atoms with Crippen molar-refractivity contribution in [1.82, 2.24) is 15.8 Å². The Morgan fingerprint density at radius 2 is 2.04 bits per heavy atom. The standard InChI is InChI=1S/C18H24N4O3/c1-3-18(2)16(24)22(17(25)20-18)21-15(23)11-19-14-10-6-8-12-7-4-5-9-13(12)14/h6,8,10,19H,3-5,7,9,11H2,1-2H3,(H,20,25)(H,21,23). The zero-order valence-corrected chi connectivity index (χ0v) is 14.6. The lowest BCUT2D eigenvalue weighted by Crippen LogP contribution is -2.50. The number of nitrogens with one attached hydrogen (secondary N) is 3. The van der Waals surface area contributed by atoms with Crippen LogP contribution in [0.5, 0.6) is 0 Å². The van der Waals surface area contributed by atoms with E-state index in [-0.39, 0.29) is 6.54 Å². The van der Waals surface area contributed by atoms with E-state index < -0.39 is 23.4 Å². The van der Waals surface area contributed by atoms with Crippen molar-refractivity contribution in [3.8, 4) is 0 Å². The minimum absolute atomic E-state index is 0.00362. The zero-order chi connectivity index (χ0) is 18.0. The molecule has 0 spiro atoms. The summed E-state index contributed by atoms with van der Waals surface area (Å²) in [4.78, 5) is 36.4. The maximum atomic E-state index is 12.3. The van der Waals surface area contributed by atoms with Crippen LogP contribution in [0.25, 0.3) is 0 Å². The van der Waals surface area contributed by atoms with Crippen LogP contribution in [-0.4, -0.2) is 34.9 Å². The molecule has 2 aliphatic rings. The summed E-state index contributed by atoms with van der Waals surface area (Å²) < 4.78 is 0. The third-order valence-electron chi connectivity index (χ3n) is 5.04. The summed E-state index contributed by atoms with van der Waals surface area (Å²) in [5, 5.41) is 6.50. The quantitative estimate of drug-likeness (QED) is 0.710. The van der Waals surface area contributed by atoms with E-state index in [0.29, 0.717) is 6.42 Å². The van der Waals surface area contributed by atoms with Crippen molar-refractivity contribution in [2.75, 3.05) is 11.9 Å². The third-order valence-corrected chi connectivity index (χ3v) is 5.04. The molecule has 0 radical (unpaired) electrons. The fraction of sp³-hybridized carbons (Fsp3) is 0.500. The molecule has 3 rings (SSSR count). The van der Waals surface area contributed by atoms with Crippen LogP contribution in [0.3, 0.4) is 0 Å². The molecule has 1 aliphatic carbocycles. The van der Waals surface area contributed by atoms with Gasteiger partial charge in [0.1, 0.15) is 5.54 Å². The van der Waals surface area contributed by atoms with Gasteiger partial charge in [0.15, 0.2) is 0 Å². The number of benzene rings is 1. The predicted octanol–water partition coefficient (Wildman–Crippen LogP) is 1.73. The summed E-state index contributed by atoms with van der Waals surface area (Å²) in [6, 6.07) is 5.46. The first-order valence-corrected chi connectivity index (χ1v) is 8.75. The van der Waals surface area contributed by atoms with E-state index in [9.17, 15) is 14.4 Å². The van der Waals surface area contributed by atoms with Crippen LogP contribution in [0.2, 0.25) is 0 Å². The molecule has 7 nitrogen and oxygen atoms in total. The highest BCUT2D eigenvalue weighted by atomic mass is 16.2. The molecule has 134 valence electrons. The van der Waals surface area contributed by atoms with Gasteiger partial charge < -0.3 is 10.6 Å². The van der Waals surface area contributed by atoms with E-state index in [4.69, 9.17) is 0 Å². The molecule has 1 aliphatic heterocycles. The Hall–Kier alpha value is -2.57. The number of amides is 4. The fourth-order valence-electron chi connectivity index (χ4n) is 3.31. The van der Waals surface area contributed by atoms with Crippen LogP contribution in [-0.2, 0) is 22.4 Å². The van der Waals surface area contributed by atoms with Crippen LogP contribution in [0.4, 0.5) is 10.5 Å². The molecule has 1 aromatic rings. The Balaban J connectivity index is 1.61. The van der Waals surface area contributed by atoms with Gasteiger partial charge in [0.25, 0.3) is 11.8 Å². The second-order valence-corrected chi connectivity index (χ2v) is 6.80. The molecule has 0 saturated carbocycles. The molecule has 25 heavy (non-hydrogen) atoms. The topological polar surface area (TPSA) is 90.5 Å². The maximum Gasteiger partial charge on any atom is 0.344 e. The minimum Gasteiger partial charge on any atom is -0.376 e. The molecule has 1 fully saturated rings. The van der Waals surface area contributed by atoms with Gasteiger partial charge in [0, 0.05) is 5.69 Å². The Morgan fingerprint density at radius 3 is 2.76 bits per heavy atom. The Morgan fingerprint density at radius 1 is 1.28 bits per heavy atom. The number of carbonyl (C=O) groups is 3. The number of carbonyl (C=O) groups excluding carboxylic acids is 3. The summed E-state index contributed by atoms with van der Waals surface area (Å²) in [7, 11) is 0. The maximum absolute atomic E-state index is 12.3. The number of aryl methyl sites for hydroxylation is 1. The first-order chi connectivity index (χ1) is 11.9. The number of imide groups is 1. The number of rotatable bonds is 5. The largest absolute Gasteiger partial charge is 0.376 e. The summed E-state index contributed by atoms with van der Waals surface area (Å²) in [6.07, 6.45) is 4.87. The van der Waals surface area contributed by atoms with Crippen molar-refractivity contribution in [1.29, 1.82) is 0 Å². The van der Waals surface area contributed by atoms with Crippen LogP contribution >= 0.6 is 0 Å². The molecular weight excluding hydrogens is 320 g/mol. The van der Waals surface area contributed by atoms with E-state index in [2.05, 4.69) is 22.1 Å². The van der Waals surface area contributed by atoms with Crippen LogP contribution < -0.4 is 16.1 Å². The van der Waals surface area contributed by atoms with Crippen molar-refractivity contribution >= 4 is 23.5 Å². The molecule has 1 saturated heterocycles. The summed E-state index contributed by atoms with van der Waals surface area (Å²) in [6.45, 7) is 3.45. The van der Waals surface area contributed by atoms with Crippen molar-refractivity contribution in [2.45, 2.75) is 51.5 Å². The van der Waals surface area contributed by atoms with Crippen LogP contribution in [0.15, 0.2) is 18.2 Å². The number of hydrogen-bond acceptors (Lipinski definition) is 4. The molecular formula is C18H24N4O3. The van der Waals surface area contributed by atoms with E-state index in [1.165, 1.54) is 17.5 Å². The molecule has 7 heteroatoms. The van der Waals surface area contributed by atoms with Gasteiger partial charge in [-0.15, -0.1) is 0 Å². The Labute approximate surface area is 147 Å². The van der Waals surface area contributed by atoms with Crippen molar-refractivity contribution in [2.24, 2.45) is 0 Å². The van der Waals surface area contributed by atoms with Crippen LogP contribution in [0, 0.1) is 0 Å². The molecule has 1 unspecified atom stereocenters. The first-order valence-electron chi connectivity index (χ1n) is 8.75. The molecule has 1 atom stereocenters. The number of urea groups is 1. The van der Waals surface area contributed by atoms with Gasteiger partial charge >= 0.3 is 6.03 Å². The SMILES string of the molecule is CCC1(C)NC(=O)N(NC(=O)CNc2cccc3c2CCCC3)C1=O. The molecule has 4 amide bonds. The number of hydrogen-bond donors (Lipinski definition) is 3. The van der Waals surface area contributed by atoms with Gasteiger partial charge in [-0.25, -0.2) is 4.79 Å². The molecule has 3 N–H and O–H groups in total. The van der Waals surface area contributed by atoms with Crippen molar-refractivity contribution < 1.29 is 14.4 Å². The van der Waals surface area contributed by atoms with Crippen molar-refractivity contribution in [3.05, 3.63) is 29.3 Å². The normalized spacial score (nSPS) is 22.4. The monoisotopic (exact) mass is 344 g/mol. The predicted molar refractivity (Wildman–Crippen MR) is 93.8 cm³/mol. The smallest absolute Gasteiger partial charge is 0.344 e. The highest BCUT2D eigenvalue weighted by Gasteiger charge is 2.47. The highest BCUT2D eigenvalue weighted by molar-refractivity contribution is 6.07. The number of hydrazine groups is 1. The Kier molecular flexibility index (Phi) is 4.65. The van der Waals surface area contributed by atoms with Gasteiger partial charge in [-0.1, -0.05) is 19.1 Å². The first kappa shape index (κ1) is 17.3. The van der Waals surface area contributed by atoms with Gasteiger partial charge in [-0.2, -0.15) is 5.01 Å². The second-order valence-electron chi connectivity index (χ2n) is 6.80. The summed E-state index contributed by atoms with van der Waals surface area (Å²) in [5.41, 5.74) is 4.96. The molecule has 0 aromatic heterocycles. The third kappa shape index (κ3) is 3.31. The fourth-order valence-corrected chi connectivity index (χ4v) is 3.31. The van der Waals surface area contributed by atoms with Crippen molar-refractivity contribution in [3.63, 3.8) is 0 Å². The number of anilines is 1. The summed E-state index contributed by atoms with van der Waals surface area (Å²) in [5.74, 6) is -0.872. The van der Waals surface area contributed by atoms with Gasteiger partial charge in [0.05, 0.1) is 6.54 Å². The zero-order valence-electron chi connectivity index (χ0n) is 14.6. The minimum atomic E-state index is -0.962. The highest BCUT2D eigenvalue weighted by Crippen LogP contribution is 2.27. The lowest BCUT2D eigenvalue weighted by Gasteiger charge is -2.21. The van der Waals surface area contributed by atoms with Gasteiger partial charge in [-0.05, 0) is 56.2 Å². The summed E-state index contributed by atoms with van der Waals surface area (Å²) >= 11 is 0. The average molecular weight is 344 g/mol. The molecule has 1 aromatic carbocycles. The van der Waals surface area contributed by atoms with E-state index in [0.717, 1.165) is 30.0 Å². The Bertz CT molecular complexity index is 718. The molecule has 0 bridgehead atoms.